The van der Waals surface area contributed by atoms with Crippen LogP contribution in [0.1, 0.15) is 0 Å². The van der Waals surface area contributed by atoms with Crippen LogP contribution in [0, 0.1) is 0 Å². The van der Waals surface area contributed by atoms with Gasteiger partial charge in [-0.3, -0.25) is 4.79 Å². The van der Waals surface area contributed by atoms with Crippen LogP contribution in [0.5, 0.6) is 5.88 Å². The summed E-state index contributed by atoms with van der Waals surface area (Å²) in [4.78, 5) is 22.3. The molecule has 21 heavy (non-hydrogen) atoms. The Balaban J connectivity index is 2.11. The first-order valence-electron chi connectivity index (χ1n) is 6.53. The van der Waals surface area contributed by atoms with Gasteiger partial charge in [-0.05, 0) is 18.2 Å². The molecule has 0 radical (unpaired) electrons. The first-order valence-corrected chi connectivity index (χ1v) is 6.53. The van der Waals surface area contributed by atoms with Crippen molar-refractivity contribution in [2.45, 2.75) is 0 Å². The molecule has 102 valence electrons. The number of nitrogens with zero attached hydrogens (tertiary/aromatic N) is 1. The molecule has 0 spiro atoms. The van der Waals surface area contributed by atoms with Crippen LogP contribution in [-0.2, 0) is 0 Å². The number of aromatic hydroxyl groups is 1. The fraction of sp³-hybridized carbons (Fsp3) is 0. The van der Waals surface area contributed by atoms with Crippen molar-refractivity contribution in [2.24, 2.45) is 0 Å². The lowest BCUT2D eigenvalue weighted by Gasteiger charge is -2.02. The van der Waals surface area contributed by atoms with Crippen LogP contribution in [0.2, 0.25) is 0 Å². The predicted octanol–water partition coefficient (Wildman–Crippen LogP) is 2.78. The number of hydrogen-bond acceptors (Lipinski definition) is 3. The van der Waals surface area contributed by atoms with Crippen LogP contribution in [0.15, 0.2) is 53.3 Å². The summed E-state index contributed by atoms with van der Waals surface area (Å²) in [7, 11) is 0. The van der Waals surface area contributed by atoms with Crippen molar-refractivity contribution < 1.29 is 5.11 Å². The smallest absolute Gasteiger partial charge is 0.275 e. The van der Waals surface area contributed by atoms with Crippen molar-refractivity contribution in [3.63, 3.8) is 0 Å². The van der Waals surface area contributed by atoms with Crippen LogP contribution in [0.25, 0.3) is 33.2 Å². The molecular formula is C16H11N3O2. The second-order valence-corrected chi connectivity index (χ2v) is 4.83. The van der Waals surface area contributed by atoms with Gasteiger partial charge in [-0.1, -0.05) is 30.3 Å². The average molecular weight is 277 g/mol. The van der Waals surface area contributed by atoms with E-state index in [0.717, 1.165) is 10.9 Å². The number of para-hydroxylation sites is 3. The lowest BCUT2D eigenvalue weighted by atomic mass is 10.1. The zero-order chi connectivity index (χ0) is 14.4. The van der Waals surface area contributed by atoms with E-state index in [0.29, 0.717) is 16.6 Å². The monoisotopic (exact) mass is 277 g/mol. The van der Waals surface area contributed by atoms with E-state index in [2.05, 4.69) is 15.0 Å². The number of rotatable bonds is 1. The first kappa shape index (κ1) is 11.7. The molecule has 2 heterocycles. The summed E-state index contributed by atoms with van der Waals surface area (Å²) in [5, 5.41) is 10.9. The summed E-state index contributed by atoms with van der Waals surface area (Å²) < 4.78 is 0. The zero-order valence-electron chi connectivity index (χ0n) is 10.9. The molecule has 0 saturated heterocycles. The maximum absolute atomic E-state index is 12.3. The third-order valence-electron chi connectivity index (χ3n) is 3.52. The molecule has 0 saturated carbocycles. The number of hydrogen-bond donors (Lipinski definition) is 3. The molecule has 0 fully saturated rings. The molecule has 5 nitrogen and oxygen atoms in total. The topological polar surface area (TPSA) is 81.8 Å². The molecule has 0 atom stereocenters. The lowest BCUT2D eigenvalue weighted by Crippen LogP contribution is -2.11. The van der Waals surface area contributed by atoms with Gasteiger partial charge in [-0.2, -0.15) is 0 Å². The highest BCUT2D eigenvalue weighted by Gasteiger charge is 2.17. The van der Waals surface area contributed by atoms with Gasteiger partial charge in [0, 0.05) is 10.9 Å². The third kappa shape index (κ3) is 1.71. The maximum atomic E-state index is 12.3. The highest BCUT2D eigenvalue weighted by molar-refractivity contribution is 5.98. The summed E-state index contributed by atoms with van der Waals surface area (Å²) in [5.41, 5.74) is 2.43. The fourth-order valence-corrected chi connectivity index (χ4v) is 2.57. The van der Waals surface area contributed by atoms with Gasteiger partial charge in [0.25, 0.3) is 5.56 Å². The minimum Gasteiger partial charge on any atom is -0.494 e. The van der Waals surface area contributed by atoms with E-state index in [1.165, 1.54) is 0 Å². The Morgan fingerprint density at radius 3 is 2.48 bits per heavy atom. The van der Waals surface area contributed by atoms with Crippen molar-refractivity contribution in [1.29, 1.82) is 0 Å². The Kier molecular flexibility index (Phi) is 2.35. The number of benzene rings is 2. The van der Waals surface area contributed by atoms with E-state index in [1.54, 1.807) is 6.07 Å². The highest BCUT2D eigenvalue weighted by Crippen LogP contribution is 2.34. The quantitative estimate of drug-likeness (QED) is 0.500. The minimum absolute atomic E-state index is 0.0514. The molecule has 2 aromatic heterocycles. The fourth-order valence-electron chi connectivity index (χ4n) is 2.57. The van der Waals surface area contributed by atoms with Gasteiger partial charge >= 0.3 is 0 Å². The van der Waals surface area contributed by atoms with E-state index in [1.807, 2.05) is 42.5 Å². The van der Waals surface area contributed by atoms with Crippen molar-refractivity contribution >= 4 is 21.9 Å². The molecule has 5 heteroatoms. The molecule has 4 aromatic rings. The van der Waals surface area contributed by atoms with Crippen molar-refractivity contribution in [3.8, 4) is 17.1 Å². The van der Waals surface area contributed by atoms with Crippen molar-refractivity contribution in [2.75, 3.05) is 0 Å². The van der Waals surface area contributed by atoms with Crippen LogP contribution in [-0.4, -0.2) is 20.1 Å². The van der Waals surface area contributed by atoms with Gasteiger partial charge in [-0.15, -0.1) is 0 Å². The first-order chi connectivity index (χ1) is 10.2. The Bertz CT molecular complexity index is 1030. The van der Waals surface area contributed by atoms with Crippen LogP contribution < -0.4 is 5.56 Å². The Morgan fingerprint density at radius 2 is 1.62 bits per heavy atom. The second kappa shape index (κ2) is 4.21. The summed E-state index contributed by atoms with van der Waals surface area (Å²) in [6.07, 6.45) is 0. The van der Waals surface area contributed by atoms with E-state index in [-0.39, 0.29) is 17.1 Å². The van der Waals surface area contributed by atoms with Crippen LogP contribution >= 0.6 is 0 Å². The molecular weight excluding hydrogens is 266 g/mol. The second-order valence-electron chi connectivity index (χ2n) is 4.83. The highest BCUT2D eigenvalue weighted by atomic mass is 16.3. The van der Waals surface area contributed by atoms with Gasteiger partial charge in [0.15, 0.2) is 5.88 Å². The van der Waals surface area contributed by atoms with Gasteiger partial charge in [-0.25, -0.2) is 4.98 Å². The maximum Gasteiger partial charge on any atom is 0.275 e. The molecule has 0 aliphatic rings. The van der Waals surface area contributed by atoms with Gasteiger partial charge in [0.05, 0.1) is 16.6 Å². The summed E-state index contributed by atoms with van der Waals surface area (Å²) in [5.74, 6) is -0.0514. The third-order valence-corrected chi connectivity index (χ3v) is 3.52. The van der Waals surface area contributed by atoms with Crippen LogP contribution in [0.4, 0.5) is 0 Å². The van der Waals surface area contributed by atoms with Gasteiger partial charge in [0.2, 0.25) is 0 Å². The minimum atomic E-state index is -0.325. The Labute approximate surface area is 118 Å². The standard InChI is InChI=1S/C16H11N3O2/c20-15-13(9-5-1-2-6-10(9)18-15)14-16(21)19-12-8-4-3-7-11(12)17-14/h1-8,18,20H,(H,19,21). The van der Waals surface area contributed by atoms with E-state index < -0.39 is 0 Å². The Morgan fingerprint density at radius 1 is 0.905 bits per heavy atom. The number of aromatic amines is 2. The molecule has 3 N–H and O–H groups in total. The number of nitrogens with one attached hydrogen (secondary N) is 2. The Hall–Kier alpha value is -3.08. The average Bonchev–Trinajstić information content (AvgIpc) is 2.82. The lowest BCUT2D eigenvalue weighted by molar-refractivity contribution is 0.460. The normalized spacial score (nSPS) is 11.2. The van der Waals surface area contributed by atoms with Gasteiger partial charge in [0.1, 0.15) is 5.69 Å². The van der Waals surface area contributed by atoms with E-state index in [9.17, 15) is 9.90 Å². The molecule has 4 rings (SSSR count). The summed E-state index contributed by atoms with van der Waals surface area (Å²) >= 11 is 0. The molecule has 0 bridgehead atoms. The molecule has 0 aliphatic heterocycles. The molecule has 0 amide bonds. The summed E-state index contributed by atoms with van der Waals surface area (Å²) in [6, 6.07) is 14.7. The predicted molar refractivity (Wildman–Crippen MR) is 81.3 cm³/mol. The number of aromatic nitrogens is 3. The van der Waals surface area contributed by atoms with Crippen molar-refractivity contribution in [3.05, 3.63) is 58.9 Å². The van der Waals surface area contributed by atoms with E-state index in [4.69, 9.17) is 0 Å². The molecule has 0 unspecified atom stereocenters. The SMILES string of the molecule is O=c1[nH]c2ccccc2nc1-c1c(O)[nH]c2ccccc12. The molecule has 0 aliphatic carbocycles. The zero-order valence-corrected chi connectivity index (χ0v) is 10.9. The largest absolute Gasteiger partial charge is 0.494 e. The number of H-pyrrole nitrogens is 2. The van der Waals surface area contributed by atoms with Crippen molar-refractivity contribution in [1.82, 2.24) is 15.0 Å². The van der Waals surface area contributed by atoms with Gasteiger partial charge < -0.3 is 15.1 Å². The molecule has 2 aromatic carbocycles. The van der Waals surface area contributed by atoms with E-state index >= 15 is 0 Å². The summed E-state index contributed by atoms with van der Waals surface area (Å²) in [6.45, 7) is 0. The van der Waals surface area contributed by atoms with Crippen LogP contribution in [0.3, 0.4) is 0 Å². The number of fused-ring (bicyclic) bond motifs is 2.